The van der Waals surface area contributed by atoms with Crippen molar-refractivity contribution >= 4 is 89.2 Å². The standard InChI is InChI=1S/C69H76N9O15S2/c1-44-51(48-22-23-52(73-60(48)63(84)85)46-21-20-45-14-12-15-49(50(45)33-46)61(82)75-64-74-53-16-8-10-18-56(53)94-64)34-71-78(44)43-68-38-66(2)37-67(3,39-68)41-69(40-66,42-68)93-30-28-76(4)65(86)92-35-47-13-7-9-17-55(47)91-32-31-90-29-26-70-62(83)54(36-95(87,88)89)72-57(79)19-6-5-11-27-77-58(80)24-25-59(77)81/h7-8,10,12-18,20-25,33-34,54H,5-6,11,19,26-32,35-43H2,1-4H3,(H,70,83)(H,72,79)(H,84,85)(H,74,75,82)(H,87,88,89)/t54-,66?,67?,68?,69?/m0/s1. The summed E-state index contributed by atoms with van der Waals surface area (Å²) in [6.07, 6.45) is 10.4. The Bertz CT molecular complexity index is 4190. The predicted molar refractivity (Wildman–Crippen MR) is 353 cm³/mol. The van der Waals surface area contributed by atoms with Gasteiger partial charge in [0, 0.05) is 85.3 Å². The third-order valence-electron chi connectivity index (χ3n) is 18.2. The summed E-state index contributed by atoms with van der Waals surface area (Å²) < 4.78 is 60.1. The van der Waals surface area contributed by atoms with Crippen molar-refractivity contribution in [2.45, 2.75) is 110 Å². The van der Waals surface area contributed by atoms with E-state index in [-0.39, 0.29) is 86.9 Å². The van der Waals surface area contributed by atoms with Crippen LogP contribution in [0.1, 0.15) is 110 Å². The van der Waals surface area contributed by atoms with Gasteiger partial charge in [-0.1, -0.05) is 80.1 Å². The summed E-state index contributed by atoms with van der Waals surface area (Å²) in [7, 11) is -2.99. The van der Waals surface area contributed by atoms with E-state index in [9.17, 15) is 51.6 Å². The number of benzene rings is 4. The number of hydrogen-bond acceptors (Lipinski definition) is 17. The van der Waals surface area contributed by atoms with Gasteiger partial charge >= 0.3 is 12.1 Å². The largest absolute Gasteiger partial charge is 0.491 e. The van der Waals surface area contributed by atoms with Gasteiger partial charge in [0.2, 0.25) is 11.8 Å². The molecule has 3 aromatic heterocycles. The number of aromatic carboxylic acids is 1. The molecule has 7 aromatic rings. The van der Waals surface area contributed by atoms with Gasteiger partial charge in [-0.3, -0.25) is 43.4 Å². The number of aromatic nitrogens is 4. The topological polar surface area (TPSA) is 317 Å². The number of likely N-dealkylation sites (N-methyl/N-ethyl adjacent to an activating group) is 1. The molecule has 1 radical (unpaired) electrons. The van der Waals surface area contributed by atoms with Crippen molar-refractivity contribution in [1.82, 2.24) is 40.2 Å². The van der Waals surface area contributed by atoms with Crippen LogP contribution in [0, 0.1) is 29.2 Å². The van der Waals surface area contributed by atoms with Crippen molar-refractivity contribution in [2.75, 3.05) is 64.2 Å². The Labute approximate surface area is 553 Å². The lowest BCUT2D eigenvalue weighted by Crippen LogP contribution is -2.64. The minimum absolute atomic E-state index is 0.00210. The smallest absolute Gasteiger partial charge is 0.409 e. The maximum Gasteiger partial charge on any atom is 0.409 e. The van der Waals surface area contributed by atoms with Gasteiger partial charge in [-0.2, -0.15) is 13.5 Å². The third kappa shape index (κ3) is 16.1. The minimum Gasteiger partial charge on any atom is -0.491 e. The molecule has 0 saturated heterocycles. The first-order valence-electron chi connectivity index (χ1n) is 31.6. The zero-order valence-corrected chi connectivity index (χ0v) is 54.9. The number of carbonyl (C=O) groups excluding carboxylic acids is 6. The molecule has 3 atom stereocenters. The molecule has 4 heterocycles. The number of carboxylic acid groups (broad SMARTS) is 1. The molecule has 24 nitrogen and oxygen atoms in total. The number of nitrogens with zero attached hydrogens (tertiary/aromatic N) is 6. The highest BCUT2D eigenvalue weighted by atomic mass is 32.2. The maximum atomic E-state index is 13.7. The molecule has 1 aliphatic heterocycles. The number of carboxylic acids is 1. The molecule has 4 bridgehead atoms. The number of carbonyl (C=O) groups is 7. The first kappa shape index (κ1) is 67.5. The van der Waals surface area contributed by atoms with Crippen LogP contribution in [0.5, 0.6) is 5.75 Å². The molecule has 4 aliphatic carbocycles. The van der Waals surface area contributed by atoms with Gasteiger partial charge in [-0.15, -0.1) is 0 Å². The van der Waals surface area contributed by atoms with E-state index in [4.69, 9.17) is 29.0 Å². The molecule has 499 valence electrons. The van der Waals surface area contributed by atoms with Crippen LogP contribution in [0.15, 0.2) is 109 Å². The fourth-order valence-electron chi connectivity index (χ4n) is 15.2. The van der Waals surface area contributed by atoms with Crippen LogP contribution in [0.4, 0.5) is 9.93 Å². The summed E-state index contributed by atoms with van der Waals surface area (Å²) in [4.78, 5) is 101. The summed E-state index contributed by atoms with van der Waals surface area (Å²) in [5.41, 5.74) is 4.16. The third-order valence-corrected chi connectivity index (χ3v) is 19.9. The molecule has 6 amide bonds. The molecule has 5 N–H and O–H groups in total. The van der Waals surface area contributed by atoms with Crippen molar-refractivity contribution < 1.29 is 70.6 Å². The number of nitrogens with one attached hydrogen (secondary N) is 3. The monoisotopic (exact) mass is 1330 g/mol. The molecule has 95 heavy (non-hydrogen) atoms. The van der Waals surface area contributed by atoms with Gasteiger partial charge in [0.1, 0.15) is 30.8 Å². The Morgan fingerprint density at radius 2 is 1.63 bits per heavy atom. The van der Waals surface area contributed by atoms with Crippen LogP contribution >= 0.6 is 11.3 Å². The lowest BCUT2D eigenvalue weighted by molar-refractivity contribution is -0.248. The van der Waals surface area contributed by atoms with E-state index in [2.05, 4.69) is 40.8 Å². The number of pyridine rings is 1. The maximum absolute atomic E-state index is 13.7. The normalized spacial score (nSPS) is 20.7. The number of imide groups is 1. The zero-order chi connectivity index (χ0) is 67.3. The van der Waals surface area contributed by atoms with Crippen molar-refractivity contribution in [3.63, 3.8) is 0 Å². The van der Waals surface area contributed by atoms with E-state index >= 15 is 0 Å². The van der Waals surface area contributed by atoms with Crippen LogP contribution in [0.25, 0.3) is 43.4 Å². The van der Waals surface area contributed by atoms with E-state index < -0.39 is 63.2 Å². The SMILES string of the molecule is Cc1c(-c2ccc(-c3ccc4cccc(C(=O)Nc5nc6ccccc6s5)c4c3)nc2C(=O)O)cnn1CC12CC3(C)CC(C)(C1)CC(OCCN(C)C(=O)OCc1cc[c]cc1OCCOCCNC(=O)[C@H](CS(=O)(=O)O)NC(=O)CCCCCN1C(=O)C=CC1=O)(C3)C2. The summed E-state index contributed by atoms with van der Waals surface area (Å²) >= 11 is 1.39. The lowest BCUT2D eigenvalue weighted by Gasteiger charge is -2.69. The van der Waals surface area contributed by atoms with Gasteiger partial charge in [0.25, 0.3) is 27.8 Å². The molecular weight excluding hydrogens is 1260 g/mol. The molecule has 2 unspecified atom stereocenters. The second-order valence-electron chi connectivity index (χ2n) is 26.2. The van der Waals surface area contributed by atoms with Gasteiger partial charge in [0.15, 0.2) is 10.8 Å². The second-order valence-corrected chi connectivity index (χ2v) is 28.7. The molecule has 0 spiro atoms. The van der Waals surface area contributed by atoms with E-state index in [1.165, 1.54) is 28.4 Å². The molecule has 4 aromatic carbocycles. The lowest BCUT2D eigenvalue weighted by atomic mass is 9.39. The van der Waals surface area contributed by atoms with Gasteiger partial charge < -0.3 is 39.6 Å². The van der Waals surface area contributed by atoms with Gasteiger partial charge in [-0.25, -0.2) is 19.6 Å². The van der Waals surface area contributed by atoms with E-state index in [1.54, 1.807) is 43.6 Å². The van der Waals surface area contributed by atoms with Crippen molar-refractivity contribution in [3.8, 4) is 28.1 Å². The van der Waals surface area contributed by atoms with Crippen molar-refractivity contribution in [2.24, 2.45) is 16.2 Å². The molecule has 4 saturated carbocycles. The number of hydrogen-bond donors (Lipinski definition) is 5. The molecule has 5 aliphatic rings. The first-order chi connectivity index (χ1) is 45.4. The molecule has 4 fully saturated rings. The van der Waals surface area contributed by atoms with Crippen LogP contribution < -0.4 is 20.7 Å². The highest BCUT2D eigenvalue weighted by Gasteiger charge is 2.66. The highest BCUT2D eigenvalue weighted by molar-refractivity contribution is 7.85. The van der Waals surface area contributed by atoms with Crippen LogP contribution in [-0.2, 0) is 56.7 Å². The quantitative estimate of drug-likeness (QED) is 0.0159. The summed E-state index contributed by atoms with van der Waals surface area (Å²) in [6, 6.07) is 28.8. The van der Waals surface area contributed by atoms with E-state index in [1.807, 2.05) is 72.3 Å². The molecular formula is C69H76N9O15S2. The Kier molecular flexibility index (Phi) is 20.0. The minimum atomic E-state index is -4.65. The average molecular weight is 1340 g/mol. The Balaban J connectivity index is 0.642. The summed E-state index contributed by atoms with van der Waals surface area (Å²) in [6.45, 7) is 8.07. The average Bonchev–Trinajstić information content (AvgIpc) is 1.21. The van der Waals surface area contributed by atoms with E-state index in [0.717, 1.165) is 64.7 Å². The van der Waals surface area contributed by atoms with Gasteiger partial charge in [0.05, 0.1) is 47.5 Å². The summed E-state index contributed by atoms with van der Waals surface area (Å²) in [5, 5.41) is 25.4. The Morgan fingerprint density at radius 1 is 0.853 bits per heavy atom. The number of para-hydroxylation sites is 1. The van der Waals surface area contributed by atoms with Crippen molar-refractivity contribution in [3.05, 3.63) is 138 Å². The Hall–Kier alpha value is -8.95. The zero-order valence-electron chi connectivity index (χ0n) is 53.3. The fourth-order valence-corrected chi connectivity index (χ4v) is 16.7. The number of ether oxygens (including phenoxy) is 4. The fraction of sp³-hybridized carbons (Fsp3) is 0.420. The number of fused-ring (bicyclic) bond motifs is 2. The van der Waals surface area contributed by atoms with Crippen molar-refractivity contribution in [1.29, 1.82) is 0 Å². The second kappa shape index (κ2) is 28.2. The van der Waals surface area contributed by atoms with Gasteiger partial charge in [-0.05, 0) is 134 Å². The molecule has 12 rings (SSSR count). The number of unbranched alkanes of at least 4 members (excludes halogenated alkanes) is 2. The number of anilines is 1. The van der Waals surface area contributed by atoms with Crippen LogP contribution in [-0.4, -0.2) is 160 Å². The van der Waals surface area contributed by atoms with Crippen LogP contribution in [0.2, 0.25) is 0 Å². The number of amides is 6. The predicted octanol–water partition coefficient (Wildman–Crippen LogP) is 9.21. The number of rotatable bonds is 30. The van der Waals surface area contributed by atoms with E-state index in [0.29, 0.717) is 75.6 Å². The highest BCUT2D eigenvalue weighted by Crippen LogP contribution is 2.72. The number of thiazole rings is 1. The summed E-state index contributed by atoms with van der Waals surface area (Å²) in [5.74, 6) is -4.39. The first-order valence-corrected chi connectivity index (χ1v) is 34.0. The molecule has 26 heteroatoms. The Morgan fingerprint density at radius 3 is 2.39 bits per heavy atom. The van der Waals surface area contributed by atoms with Crippen LogP contribution in [0.3, 0.4) is 0 Å².